The molecule has 0 aliphatic carbocycles. The Kier molecular flexibility index (Phi) is 4.57. The highest BCUT2D eigenvalue weighted by Crippen LogP contribution is 2.30. The van der Waals surface area contributed by atoms with Gasteiger partial charge in [0.05, 0.1) is 0 Å². The Morgan fingerprint density at radius 2 is 1.87 bits per heavy atom. The molecule has 1 aromatic rings. The molecule has 1 aromatic heterocycles. The summed E-state index contributed by atoms with van der Waals surface area (Å²) in [5.74, 6) is -0.0870. The second-order valence-electron chi connectivity index (χ2n) is 6.80. The second kappa shape index (κ2) is 6.48. The summed E-state index contributed by atoms with van der Waals surface area (Å²) in [7, 11) is 1.73. The minimum absolute atomic E-state index is 0.0870. The van der Waals surface area contributed by atoms with Crippen LogP contribution in [0.1, 0.15) is 48.7 Å². The maximum absolute atomic E-state index is 13.0. The summed E-state index contributed by atoms with van der Waals surface area (Å²) >= 11 is 0. The quantitative estimate of drug-likeness (QED) is 0.854. The lowest BCUT2D eigenvalue weighted by atomic mass is 10.0. The van der Waals surface area contributed by atoms with Gasteiger partial charge in [0.15, 0.2) is 0 Å². The van der Waals surface area contributed by atoms with Crippen LogP contribution in [-0.2, 0) is 7.05 Å². The fraction of sp³-hybridized carbons (Fsp3) is 0.667. The van der Waals surface area contributed by atoms with E-state index < -0.39 is 0 Å². The Bertz CT molecular complexity index is 652. The molecule has 23 heavy (non-hydrogen) atoms. The SMILES string of the molecule is CCN1CCC[C@@H]1[C@H]1CCCN1C(=O)c1ccc(C)n(C)c1=O. The lowest BCUT2D eigenvalue weighted by Crippen LogP contribution is -2.49. The number of pyridine rings is 1. The minimum Gasteiger partial charge on any atom is -0.334 e. The van der Waals surface area contributed by atoms with Gasteiger partial charge in [0.25, 0.3) is 11.5 Å². The maximum Gasteiger partial charge on any atom is 0.263 e. The Hall–Kier alpha value is -1.62. The van der Waals surface area contributed by atoms with Crippen LogP contribution in [0.15, 0.2) is 16.9 Å². The van der Waals surface area contributed by atoms with Crippen molar-refractivity contribution in [3.8, 4) is 0 Å². The van der Waals surface area contributed by atoms with Crippen LogP contribution in [-0.4, -0.2) is 52.0 Å². The Morgan fingerprint density at radius 3 is 2.61 bits per heavy atom. The smallest absolute Gasteiger partial charge is 0.263 e. The molecule has 2 atom stereocenters. The van der Waals surface area contributed by atoms with E-state index in [2.05, 4.69) is 11.8 Å². The number of aryl methyl sites for hydroxylation is 1. The molecule has 5 nitrogen and oxygen atoms in total. The third-order valence-corrected chi connectivity index (χ3v) is 5.61. The van der Waals surface area contributed by atoms with E-state index in [4.69, 9.17) is 0 Å². The number of likely N-dealkylation sites (tertiary alicyclic amines) is 2. The first-order valence-corrected chi connectivity index (χ1v) is 8.76. The highest BCUT2D eigenvalue weighted by molar-refractivity contribution is 5.94. The number of amides is 1. The lowest BCUT2D eigenvalue weighted by molar-refractivity contribution is 0.0647. The van der Waals surface area contributed by atoms with Crippen LogP contribution in [0.2, 0.25) is 0 Å². The predicted molar refractivity (Wildman–Crippen MR) is 90.7 cm³/mol. The van der Waals surface area contributed by atoms with Gasteiger partial charge in [0.2, 0.25) is 0 Å². The van der Waals surface area contributed by atoms with Crippen molar-refractivity contribution in [3.05, 3.63) is 33.7 Å². The molecule has 3 heterocycles. The number of aromatic nitrogens is 1. The highest BCUT2D eigenvalue weighted by atomic mass is 16.2. The van der Waals surface area contributed by atoms with Gasteiger partial charge < -0.3 is 9.47 Å². The van der Waals surface area contributed by atoms with Crippen molar-refractivity contribution in [3.63, 3.8) is 0 Å². The largest absolute Gasteiger partial charge is 0.334 e. The molecule has 0 unspecified atom stereocenters. The van der Waals surface area contributed by atoms with Gasteiger partial charge in [0.1, 0.15) is 5.56 Å². The first kappa shape index (κ1) is 16.2. The summed E-state index contributed by atoms with van der Waals surface area (Å²) in [4.78, 5) is 29.9. The van der Waals surface area contributed by atoms with Gasteiger partial charge >= 0.3 is 0 Å². The summed E-state index contributed by atoms with van der Waals surface area (Å²) in [5.41, 5.74) is 1.00. The number of rotatable bonds is 3. The predicted octanol–water partition coefficient (Wildman–Crippen LogP) is 1.78. The van der Waals surface area contributed by atoms with Crippen LogP contribution >= 0.6 is 0 Å². The molecule has 0 aromatic carbocycles. The van der Waals surface area contributed by atoms with Crippen molar-refractivity contribution in [1.82, 2.24) is 14.4 Å². The van der Waals surface area contributed by atoms with Crippen molar-refractivity contribution in [2.45, 2.75) is 51.6 Å². The monoisotopic (exact) mass is 317 g/mol. The molecule has 5 heteroatoms. The van der Waals surface area contributed by atoms with Crippen LogP contribution in [0.3, 0.4) is 0 Å². The Morgan fingerprint density at radius 1 is 1.17 bits per heavy atom. The Balaban J connectivity index is 1.87. The molecule has 0 spiro atoms. The van der Waals surface area contributed by atoms with Crippen molar-refractivity contribution < 1.29 is 4.79 Å². The Labute approximate surface area is 137 Å². The molecule has 1 amide bonds. The van der Waals surface area contributed by atoms with Gasteiger partial charge in [0, 0.05) is 31.4 Å². The number of hydrogen-bond acceptors (Lipinski definition) is 3. The molecule has 2 aliphatic heterocycles. The fourth-order valence-corrected chi connectivity index (χ4v) is 4.17. The molecule has 2 fully saturated rings. The third-order valence-electron chi connectivity index (χ3n) is 5.61. The topological polar surface area (TPSA) is 45.5 Å². The van der Waals surface area contributed by atoms with E-state index in [1.165, 1.54) is 6.42 Å². The van der Waals surface area contributed by atoms with Crippen LogP contribution in [0.5, 0.6) is 0 Å². The van der Waals surface area contributed by atoms with Gasteiger partial charge in [-0.2, -0.15) is 0 Å². The number of likely N-dealkylation sites (N-methyl/N-ethyl adjacent to an activating group) is 1. The number of nitrogens with zero attached hydrogens (tertiary/aromatic N) is 3. The lowest BCUT2D eigenvalue weighted by Gasteiger charge is -2.34. The zero-order valence-corrected chi connectivity index (χ0v) is 14.4. The summed E-state index contributed by atoms with van der Waals surface area (Å²) in [6, 6.07) is 4.27. The normalized spacial score (nSPS) is 25.3. The van der Waals surface area contributed by atoms with E-state index in [-0.39, 0.29) is 17.5 Å². The van der Waals surface area contributed by atoms with Gasteiger partial charge in [-0.05, 0) is 57.8 Å². The molecule has 0 radical (unpaired) electrons. The van der Waals surface area contributed by atoms with Crippen molar-refractivity contribution in [2.75, 3.05) is 19.6 Å². The van der Waals surface area contributed by atoms with Gasteiger partial charge in [-0.15, -0.1) is 0 Å². The summed E-state index contributed by atoms with van der Waals surface area (Å²) in [5, 5.41) is 0. The standard InChI is InChI=1S/C18H27N3O2/c1-4-20-11-5-7-15(20)16-8-6-12-21(16)18(23)14-10-9-13(2)19(3)17(14)22/h9-10,15-16H,4-8,11-12H2,1-3H3/t15-,16-/m1/s1. The zero-order valence-electron chi connectivity index (χ0n) is 14.4. The average molecular weight is 317 g/mol. The van der Waals surface area contributed by atoms with Crippen molar-refractivity contribution in [2.24, 2.45) is 7.05 Å². The van der Waals surface area contributed by atoms with Crippen LogP contribution < -0.4 is 5.56 Å². The summed E-state index contributed by atoms with van der Waals surface area (Å²) in [6.07, 6.45) is 4.47. The number of carbonyl (C=O) groups is 1. The van der Waals surface area contributed by atoms with Gasteiger partial charge in [-0.25, -0.2) is 0 Å². The molecular weight excluding hydrogens is 290 g/mol. The zero-order chi connectivity index (χ0) is 16.6. The molecular formula is C18H27N3O2. The molecule has 126 valence electrons. The van der Waals surface area contributed by atoms with E-state index in [0.717, 1.165) is 44.6 Å². The van der Waals surface area contributed by atoms with Gasteiger partial charge in [-0.1, -0.05) is 6.92 Å². The van der Waals surface area contributed by atoms with E-state index in [0.29, 0.717) is 11.6 Å². The first-order chi connectivity index (χ1) is 11.0. The van der Waals surface area contributed by atoms with Crippen molar-refractivity contribution in [1.29, 1.82) is 0 Å². The van der Waals surface area contributed by atoms with Crippen LogP contribution in [0, 0.1) is 6.92 Å². The summed E-state index contributed by atoms with van der Waals surface area (Å²) in [6.45, 7) is 7.01. The van der Waals surface area contributed by atoms with E-state index in [1.54, 1.807) is 17.7 Å². The maximum atomic E-state index is 13.0. The minimum atomic E-state index is -0.181. The molecule has 3 rings (SSSR count). The van der Waals surface area contributed by atoms with E-state index in [1.807, 2.05) is 17.9 Å². The van der Waals surface area contributed by atoms with Crippen LogP contribution in [0.4, 0.5) is 0 Å². The number of hydrogen-bond donors (Lipinski definition) is 0. The van der Waals surface area contributed by atoms with E-state index in [9.17, 15) is 9.59 Å². The fourth-order valence-electron chi connectivity index (χ4n) is 4.17. The van der Waals surface area contributed by atoms with Crippen molar-refractivity contribution >= 4 is 5.91 Å². The average Bonchev–Trinajstić information content (AvgIpc) is 3.19. The second-order valence-corrected chi connectivity index (χ2v) is 6.80. The van der Waals surface area contributed by atoms with Crippen LogP contribution in [0.25, 0.3) is 0 Å². The molecule has 2 aliphatic rings. The summed E-state index contributed by atoms with van der Waals surface area (Å²) < 4.78 is 1.56. The third kappa shape index (κ3) is 2.82. The molecule has 0 saturated carbocycles. The van der Waals surface area contributed by atoms with E-state index >= 15 is 0 Å². The number of carbonyl (C=O) groups excluding carboxylic acids is 1. The highest BCUT2D eigenvalue weighted by Gasteiger charge is 2.39. The van der Waals surface area contributed by atoms with Gasteiger partial charge in [-0.3, -0.25) is 14.5 Å². The first-order valence-electron chi connectivity index (χ1n) is 8.76. The molecule has 2 saturated heterocycles. The molecule has 0 N–H and O–H groups in total. The molecule has 0 bridgehead atoms.